The monoisotopic (exact) mass is 291 g/mol. The Kier molecular flexibility index (Phi) is 3.14. The first-order valence-corrected chi connectivity index (χ1v) is 8.26. The zero-order valence-electron chi connectivity index (χ0n) is 11.4. The van der Waals surface area contributed by atoms with E-state index in [9.17, 15) is 8.42 Å². The lowest BCUT2D eigenvalue weighted by Crippen LogP contribution is -2.33. The summed E-state index contributed by atoms with van der Waals surface area (Å²) >= 11 is 0. The molecule has 1 N–H and O–H groups in total. The zero-order valence-corrected chi connectivity index (χ0v) is 12.3. The fraction of sp³-hybridized carbons (Fsp3) is 0.357. The SMILES string of the molecule is CC(NC1C=CS(=O)(=O)C1)c1nc2ccccc2n1C. The number of fused-ring (bicyclic) bond motifs is 1. The molecule has 2 atom stereocenters. The van der Waals surface area contributed by atoms with E-state index in [2.05, 4.69) is 10.3 Å². The number of aromatic nitrogens is 2. The number of hydrogen-bond acceptors (Lipinski definition) is 4. The van der Waals surface area contributed by atoms with Crippen LogP contribution >= 0.6 is 0 Å². The van der Waals surface area contributed by atoms with Crippen molar-refractivity contribution in [1.29, 1.82) is 0 Å². The van der Waals surface area contributed by atoms with Gasteiger partial charge in [0.2, 0.25) is 0 Å². The number of nitrogens with zero attached hydrogens (tertiary/aromatic N) is 2. The maximum Gasteiger partial charge on any atom is 0.173 e. The quantitative estimate of drug-likeness (QED) is 0.931. The predicted octanol–water partition coefficient (Wildman–Crippen LogP) is 1.53. The van der Waals surface area contributed by atoms with Crippen LogP contribution in [-0.2, 0) is 16.9 Å². The van der Waals surface area contributed by atoms with Gasteiger partial charge in [0.1, 0.15) is 5.82 Å². The predicted molar refractivity (Wildman–Crippen MR) is 79.0 cm³/mol. The smallest absolute Gasteiger partial charge is 0.173 e. The van der Waals surface area contributed by atoms with Gasteiger partial charge < -0.3 is 9.88 Å². The van der Waals surface area contributed by atoms with Gasteiger partial charge in [-0.1, -0.05) is 18.2 Å². The summed E-state index contributed by atoms with van der Waals surface area (Å²) < 4.78 is 24.9. The molecule has 1 aliphatic heterocycles. The minimum atomic E-state index is -3.03. The molecule has 1 aromatic carbocycles. The number of imidazole rings is 1. The number of nitrogens with one attached hydrogen (secondary N) is 1. The molecule has 20 heavy (non-hydrogen) atoms. The lowest BCUT2D eigenvalue weighted by molar-refractivity contribution is 0.504. The van der Waals surface area contributed by atoms with Crippen molar-refractivity contribution in [3.63, 3.8) is 0 Å². The van der Waals surface area contributed by atoms with Crippen molar-refractivity contribution in [2.75, 3.05) is 5.75 Å². The van der Waals surface area contributed by atoms with Crippen LogP contribution in [-0.4, -0.2) is 29.8 Å². The minimum absolute atomic E-state index is 0.0182. The van der Waals surface area contributed by atoms with Crippen LogP contribution in [0.5, 0.6) is 0 Å². The van der Waals surface area contributed by atoms with E-state index in [1.165, 1.54) is 5.41 Å². The minimum Gasteiger partial charge on any atom is -0.330 e. The summed E-state index contributed by atoms with van der Waals surface area (Å²) in [5, 5.41) is 4.59. The van der Waals surface area contributed by atoms with Gasteiger partial charge in [-0.2, -0.15) is 0 Å². The van der Waals surface area contributed by atoms with Gasteiger partial charge in [-0.3, -0.25) is 0 Å². The highest BCUT2D eigenvalue weighted by atomic mass is 32.2. The molecule has 0 aliphatic carbocycles. The second-order valence-corrected chi connectivity index (χ2v) is 7.10. The first kappa shape index (κ1) is 13.3. The van der Waals surface area contributed by atoms with Gasteiger partial charge in [-0.05, 0) is 19.1 Å². The van der Waals surface area contributed by atoms with E-state index in [-0.39, 0.29) is 17.8 Å². The molecule has 0 saturated carbocycles. The third kappa shape index (κ3) is 2.36. The van der Waals surface area contributed by atoms with E-state index in [1.807, 2.05) is 42.8 Å². The van der Waals surface area contributed by atoms with Crippen molar-refractivity contribution in [2.45, 2.75) is 19.0 Å². The summed E-state index contributed by atoms with van der Waals surface area (Å²) in [6.45, 7) is 2.00. The average Bonchev–Trinajstić information content (AvgIpc) is 2.91. The highest BCUT2D eigenvalue weighted by Gasteiger charge is 2.24. The Hall–Kier alpha value is -1.66. The number of sulfone groups is 1. The van der Waals surface area contributed by atoms with Crippen molar-refractivity contribution in [1.82, 2.24) is 14.9 Å². The summed E-state index contributed by atoms with van der Waals surface area (Å²) in [4.78, 5) is 4.62. The molecule has 0 amide bonds. The number of para-hydroxylation sites is 2. The summed E-state index contributed by atoms with van der Waals surface area (Å²) in [7, 11) is -1.05. The van der Waals surface area contributed by atoms with Gasteiger partial charge in [0.25, 0.3) is 0 Å². The molecule has 0 spiro atoms. The normalized spacial score (nSPS) is 22.4. The second-order valence-electron chi connectivity index (χ2n) is 5.17. The average molecular weight is 291 g/mol. The van der Waals surface area contributed by atoms with Gasteiger partial charge in [-0.15, -0.1) is 0 Å². The molecule has 0 radical (unpaired) electrons. The molecule has 0 saturated heterocycles. The second kappa shape index (κ2) is 4.71. The summed E-state index contributed by atoms with van der Waals surface area (Å²) in [5.74, 6) is 1.03. The number of rotatable bonds is 3. The molecule has 3 rings (SSSR count). The van der Waals surface area contributed by atoms with E-state index in [0.717, 1.165) is 16.9 Å². The van der Waals surface area contributed by atoms with Gasteiger partial charge in [0, 0.05) is 18.5 Å². The Bertz CT molecular complexity index is 777. The summed E-state index contributed by atoms with van der Waals surface area (Å²) in [6.07, 6.45) is 1.70. The van der Waals surface area contributed by atoms with Gasteiger partial charge in [-0.25, -0.2) is 13.4 Å². The van der Waals surface area contributed by atoms with Crippen molar-refractivity contribution in [2.24, 2.45) is 7.05 Å². The Morgan fingerprint density at radius 3 is 2.80 bits per heavy atom. The van der Waals surface area contributed by atoms with E-state index in [4.69, 9.17) is 0 Å². The van der Waals surface area contributed by atoms with Crippen LogP contribution in [0.4, 0.5) is 0 Å². The number of aryl methyl sites for hydroxylation is 1. The molecule has 2 unspecified atom stereocenters. The largest absolute Gasteiger partial charge is 0.330 e. The van der Waals surface area contributed by atoms with Crippen LogP contribution in [0.25, 0.3) is 11.0 Å². The zero-order chi connectivity index (χ0) is 14.3. The third-order valence-corrected chi connectivity index (χ3v) is 5.00. The highest BCUT2D eigenvalue weighted by molar-refractivity contribution is 7.94. The Labute approximate surface area is 118 Å². The molecule has 2 heterocycles. The molecule has 5 nitrogen and oxygen atoms in total. The van der Waals surface area contributed by atoms with Crippen LogP contribution in [0.3, 0.4) is 0 Å². The van der Waals surface area contributed by atoms with E-state index >= 15 is 0 Å². The van der Waals surface area contributed by atoms with Crippen LogP contribution in [0.15, 0.2) is 35.7 Å². The summed E-state index contributed by atoms with van der Waals surface area (Å²) in [6, 6.07) is 7.79. The molecule has 1 aliphatic rings. The van der Waals surface area contributed by atoms with E-state index < -0.39 is 9.84 Å². The van der Waals surface area contributed by atoms with Crippen LogP contribution in [0, 0.1) is 0 Å². The van der Waals surface area contributed by atoms with E-state index in [0.29, 0.717) is 0 Å². The maximum absolute atomic E-state index is 11.4. The molecule has 1 aromatic heterocycles. The number of benzene rings is 1. The topological polar surface area (TPSA) is 64.0 Å². The number of hydrogen-bond donors (Lipinski definition) is 1. The van der Waals surface area contributed by atoms with Crippen LogP contribution in [0.2, 0.25) is 0 Å². The first-order chi connectivity index (χ1) is 9.46. The van der Waals surface area contributed by atoms with Crippen molar-refractivity contribution in [3.05, 3.63) is 41.6 Å². The van der Waals surface area contributed by atoms with Crippen molar-refractivity contribution < 1.29 is 8.42 Å². The van der Waals surface area contributed by atoms with Gasteiger partial charge in [0.05, 0.1) is 22.8 Å². The highest BCUT2D eigenvalue weighted by Crippen LogP contribution is 2.20. The van der Waals surface area contributed by atoms with Gasteiger partial charge in [0.15, 0.2) is 9.84 Å². The van der Waals surface area contributed by atoms with Gasteiger partial charge >= 0.3 is 0 Å². The third-order valence-electron chi connectivity index (χ3n) is 3.60. The fourth-order valence-electron chi connectivity index (χ4n) is 2.63. The van der Waals surface area contributed by atoms with Crippen LogP contribution < -0.4 is 5.32 Å². The molecule has 106 valence electrons. The molecule has 6 heteroatoms. The lowest BCUT2D eigenvalue weighted by Gasteiger charge is -2.17. The van der Waals surface area contributed by atoms with Crippen molar-refractivity contribution in [3.8, 4) is 0 Å². The molecular formula is C14H17N3O2S. The van der Waals surface area contributed by atoms with Crippen LogP contribution in [0.1, 0.15) is 18.8 Å². The Morgan fingerprint density at radius 2 is 2.15 bits per heavy atom. The maximum atomic E-state index is 11.4. The summed E-state index contributed by atoms with van der Waals surface area (Å²) in [5.41, 5.74) is 2.03. The molecule has 0 fully saturated rings. The molecule has 0 bridgehead atoms. The first-order valence-electron chi connectivity index (χ1n) is 6.54. The fourth-order valence-corrected chi connectivity index (χ4v) is 3.87. The Morgan fingerprint density at radius 1 is 1.40 bits per heavy atom. The Balaban J connectivity index is 1.84. The lowest BCUT2D eigenvalue weighted by atomic mass is 10.2. The van der Waals surface area contributed by atoms with Crippen molar-refractivity contribution >= 4 is 20.9 Å². The standard InChI is InChI=1S/C14H17N3O2S/c1-10(15-11-7-8-20(18,19)9-11)14-16-12-5-3-4-6-13(12)17(14)2/h3-8,10-11,15H,9H2,1-2H3. The van der Waals surface area contributed by atoms with E-state index in [1.54, 1.807) is 6.08 Å². The molecular weight excluding hydrogens is 274 g/mol. The molecule has 2 aromatic rings.